The number of ether oxygens (including phenoxy) is 4. The van der Waals surface area contributed by atoms with Crippen LogP contribution in [0, 0.1) is 0 Å². The fourth-order valence-corrected chi connectivity index (χ4v) is 15.8. The van der Waals surface area contributed by atoms with Gasteiger partial charge in [0.05, 0.1) is 0 Å². The van der Waals surface area contributed by atoms with Crippen LogP contribution in [-0.2, 0) is 31.7 Å². The molecule has 3 heterocycles. The Balaban J connectivity index is 1.47. The summed E-state index contributed by atoms with van der Waals surface area (Å²) in [6, 6.07) is 10.2. The van der Waals surface area contributed by atoms with Gasteiger partial charge in [0.15, 0.2) is 0 Å². The van der Waals surface area contributed by atoms with Gasteiger partial charge < -0.3 is 0 Å². The van der Waals surface area contributed by atoms with Crippen molar-refractivity contribution in [2.24, 2.45) is 0 Å². The summed E-state index contributed by atoms with van der Waals surface area (Å²) in [6.45, 7) is 9.41. The van der Waals surface area contributed by atoms with Gasteiger partial charge in [-0.1, -0.05) is 0 Å². The van der Waals surface area contributed by atoms with Crippen LogP contribution in [0.4, 0.5) is 0 Å². The second kappa shape index (κ2) is 10.4. The molecule has 0 aliphatic carbocycles. The molecule has 3 aliphatic rings. The molecule has 0 saturated carbocycles. The Morgan fingerprint density at radius 1 is 1.00 bits per heavy atom. The van der Waals surface area contributed by atoms with Crippen LogP contribution in [0.3, 0.4) is 0 Å². The standard InChI is InChI=1S/C16H20O6.2C4H9.Sn/c1-16(2)21-14-13(19-9-10-6-4-3-5-7-10)12(11(18)8-17)20-15(14)22-16;2*1-3-4-2;/h3-7,11-15H,8-9H2,1-2H3;2*1,3-4H2,2H3;/q-2;;;+2/t11-,12-,13+,14-,15-;;;/m1.../s1. The fraction of sp³-hybridized carbons (Fsp3) is 0.750. The molecule has 31 heavy (non-hydrogen) atoms. The predicted octanol–water partition coefficient (Wildman–Crippen LogP) is 4.91. The van der Waals surface area contributed by atoms with Crippen molar-refractivity contribution in [3.63, 3.8) is 0 Å². The van der Waals surface area contributed by atoms with Crippen LogP contribution in [0.1, 0.15) is 58.9 Å². The quantitative estimate of drug-likeness (QED) is 0.393. The van der Waals surface area contributed by atoms with E-state index in [1.54, 1.807) is 0 Å². The molecule has 0 bridgehead atoms. The van der Waals surface area contributed by atoms with E-state index >= 15 is 0 Å². The number of hydrogen-bond acceptors (Lipinski definition) is 6. The summed E-state index contributed by atoms with van der Waals surface area (Å²) in [5.41, 5.74) is 1.13. The van der Waals surface area contributed by atoms with E-state index in [-0.39, 0.29) is 24.4 Å². The molecule has 0 amide bonds. The molecule has 0 aromatic heterocycles. The first-order chi connectivity index (χ1) is 15.0. The molecule has 7 heteroatoms. The van der Waals surface area contributed by atoms with Gasteiger partial charge in [-0.15, -0.1) is 0 Å². The maximum atomic E-state index is 6.81. The first-order valence-corrected chi connectivity index (χ1v) is 18.3. The van der Waals surface area contributed by atoms with E-state index in [1.165, 1.54) is 25.7 Å². The second-order valence-corrected chi connectivity index (χ2v) is 19.0. The van der Waals surface area contributed by atoms with E-state index in [2.05, 4.69) is 26.0 Å². The molecule has 6 nitrogen and oxygen atoms in total. The van der Waals surface area contributed by atoms with Gasteiger partial charge in [-0.05, 0) is 0 Å². The zero-order valence-electron chi connectivity index (χ0n) is 19.4. The Morgan fingerprint density at radius 3 is 2.39 bits per heavy atom. The Hall–Kier alpha value is -0.221. The van der Waals surface area contributed by atoms with E-state index in [1.807, 2.05) is 32.0 Å². The van der Waals surface area contributed by atoms with Crippen molar-refractivity contribution in [1.29, 1.82) is 0 Å². The summed E-state index contributed by atoms with van der Waals surface area (Å²) < 4.78 is 40.6. The summed E-state index contributed by atoms with van der Waals surface area (Å²) in [4.78, 5) is 0. The van der Waals surface area contributed by atoms with Crippen LogP contribution in [0.15, 0.2) is 30.3 Å². The van der Waals surface area contributed by atoms with Crippen LogP contribution in [-0.4, -0.2) is 62.3 Å². The molecule has 0 unspecified atom stereocenters. The van der Waals surface area contributed by atoms with Gasteiger partial charge in [0.25, 0.3) is 0 Å². The Kier molecular flexibility index (Phi) is 8.00. The van der Waals surface area contributed by atoms with Crippen molar-refractivity contribution in [2.75, 3.05) is 6.61 Å². The zero-order valence-corrected chi connectivity index (χ0v) is 22.2. The van der Waals surface area contributed by atoms with Gasteiger partial charge in [0.1, 0.15) is 0 Å². The molecular weight excluding hydrogens is 503 g/mol. The predicted molar refractivity (Wildman–Crippen MR) is 120 cm³/mol. The van der Waals surface area contributed by atoms with Crippen LogP contribution >= 0.6 is 0 Å². The molecule has 1 aromatic carbocycles. The molecule has 0 radical (unpaired) electrons. The van der Waals surface area contributed by atoms with Crippen molar-refractivity contribution >= 4 is 19.2 Å². The minimum atomic E-state index is -3.07. The number of rotatable bonds is 10. The second-order valence-electron chi connectivity index (χ2n) is 9.42. The normalized spacial score (nSPS) is 33.6. The number of unbranched alkanes of at least 4 members (excludes halogenated alkanes) is 2. The molecule has 3 fully saturated rings. The Labute approximate surface area is 191 Å². The molecule has 4 rings (SSSR count). The Bertz CT molecular complexity index is 691. The van der Waals surface area contributed by atoms with Gasteiger partial charge in [-0.2, -0.15) is 0 Å². The van der Waals surface area contributed by atoms with Crippen LogP contribution < -0.4 is 0 Å². The molecule has 3 saturated heterocycles. The van der Waals surface area contributed by atoms with Gasteiger partial charge >= 0.3 is 192 Å². The van der Waals surface area contributed by atoms with Crippen LogP contribution in [0.5, 0.6) is 0 Å². The van der Waals surface area contributed by atoms with Gasteiger partial charge in [0.2, 0.25) is 0 Å². The van der Waals surface area contributed by atoms with E-state index < -0.39 is 31.3 Å². The van der Waals surface area contributed by atoms with E-state index in [0.29, 0.717) is 13.2 Å². The molecule has 0 spiro atoms. The third kappa shape index (κ3) is 5.65. The zero-order chi connectivity index (χ0) is 21.9. The van der Waals surface area contributed by atoms with E-state index in [9.17, 15) is 0 Å². The summed E-state index contributed by atoms with van der Waals surface area (Å²) in [6.07, 6.45) is 3.42. The molecule has 1 aromatic rings. The van der Waals surface area contributed by atoms with Crippen molar-refractivity contribution in [3.8, 4) is 0 Å². The third-order valence-electron chi connectivity index (χ3n) is 6.38. The first kappa shape index (κ1) is 23.9. The van der Waals surface area contributed by atoms with Gasteiger partial charge in [-0.3, -0.25) is 0 Å². The topological polar surface area (TPSA) is 55.4 Å². The monoisotopic (exact) mass is 542 g/mol. The number of hydrogen-bond donors (Lipinski definition) is 0. The van der Waals surface area contributed by atoms with Crippen molar-refractivity contribution in [3.05, 3.63) is 35.9 Å². The molecule has 3 aliphatic heterocycles. The van der Waals surface area contributed by atoms with Crippen LogP contribution in [0.2, 0.25) is 8.87 Å². The number of fused-ring (bicyclic) bond motifs is 1. The molecule has 0 N–H and O–H groups in total. The Morgan fingerprint density at radius 2 is 1.71 bits per heavy atom. The van der Waals surface area contributed by atoms with E-state index in [0.717, 1.165) is 14.4 Å². The van der Waals surface area contributed by atoms with Gasteiger partial charge in [0, 0.05) is 0 Å². The van der Waals surface area contributed by atoms with E-state index in [4.69, 9.17) is 25.1 Å². The first-order valence-electron chi connectivity index (χ1n) is 11.9. The van der Waals surface area contributed by atoms with Gasteiger partial charge in [-0.25, -0.2) is 0 Å². The molecule has 5 atom stereocenters. The summed E-state index contributed by atoms with van der Waals surface area (Å²) in [5, 5.41) is 0. The minimum absolute atomic E-state index is 0.105. The average molecular weight is 541 g/mol. The molecular formula is C24H38O6Sn. The van der Waals surface area contributed by atoms with Crippen molar-refractivity contribution in [1.82, 2.24) is 0 Å². The molecule has 174 valence electrons. The van der Waals surface area contributed by atoms with Crippen molar-refractivity contribution < 1.29 is 25.1 Å². The number of benzene rings is 1. The van der Waals surface area contributed by atoms with Crippen molar-refractivity contribution in [2.45, 2.75) is 105 Å². The fourth-order valence-electron chi connectivity index (χ4n) is 4.78. The summed E-state index contributed by atoms with van der Waals surface area (Å²) >= 11 is -3.07. The maximum absolute atomic E-state index is 6.81. The average Bonchev–Trinajstić information content (AvgIpc) is 3.40. The SMILES string of the molecule is CCC[CH2][Sn]1([CH2]CCC)[O]C[C@H]([C@H]2O[C@@H]3OC(C)(C)O[C@@H]3[C@H]2OCc2ccccc2)[O]1. The third-order valence-corrected chi connectivity index (χ3v) is 16.8. The summed E-state index contributed by atoms with van der Waals surface area (Å²) in [7, 11) is 0. The summed E-state index contributed by atoms with van der Waals surface area (Å²) in [5.74, 6) is -0.674. The van der Waals surface area contributed by atoms with Crippen LogP contribution in [0.25, 0.3) is 0 Å².